The Bertz CT molecular complexity index is 648. The van der Waals surface area contributed by atoms with Gasteiger partial charge in [0.05, 0.1) is 4.88 Å². The Morgan fingerprint density at radius 1 is 1.13 bits per heavy atom. The van der Waals surface area contributed by atoms with Crippen molar-refractivity contribution < 1.29 is 9.59 Å². The highest BCUT2D eigenvalue weighted by atomic mass is 32.1. The molecule has 5 heteroatoms. The number of rotatable bonds is 6. The van der Waals surface area contributed by atoms with E-state index in [1.165, 1.54) is 16.9 Å². The largest absolute Gasteiger partial charge is 0.350 e. The summed E-state index contributed by atoms with van der Waals surface area (Å²) >= 11 is 1.36. The Hall–Kier alpha value is -2.14. The summed E-state index contributed by atoms with van der Waals surface area (Å²) in [6.45, 7) is 6.32. The molecular formula is C18H22N2O2S. The number of thiophene rings is 1. The summed E-state index contributed by atoms with van der Waals surface area (Å²) in [5.41, 5.74) is 2.22. The first-order valence-corrected chi connectivity index (χ1v) is 8.53. The summed E-state index contributed by atoms with van der Waals surface area (Å²) in [7, 11) is 0. The molecule has 0 saturated carbocycles. The van der Waals surface area contributed by atoms with Crippen LogP contribution in [0.5, 0.6) is 0 Å². The van der Waals surface area contributed by atoms with Crippen LogP contribution in [0.3, 0.4) is 0 Å². The predicted octanol–water partition coefficient (Wildman–Crippen LogP) is 3.13. The molecule has 4 nitrogen and oxygen atoms in total. The van der Waals surface area contributed by atoms with Crippen LogP contribution < -0.4 is 10.6 Å². The second kappa shape index (κ2) is 7.92. The minimum absolute atomic E-state index is 0.0110. The highest BCUT2D eigenvalue weighted by Crippen LogP contribution is 2.10. The van der Waals surface area contributed by atoms with E-state index in [2.05, 4.69) is 10.6 Å². The molecule has 1 aromatic heterocycles. The molecule has 1 heterocycles. The molecule has 2 amide bonds. The number of nitrogens with one attached hydrogen (secondary N) is 2. The average molecular weight is 330 g/mol. The number of benzene rings is 1. The van der Waals surface area contributed by atoms with Crippen LogP contribution in [-0.4, -0.2) is 17.9 Å². The Morgan fingerprint density at radius 3 is 2.39 bits per heavy atom. The molecule has 0 aliphatic carbocycles. The fraction of sp³-hybridized carbons (Fsp3) is 0.333. The van der Waals surface area contributed by atoms with Crippen LogP contribution in [0.1, 0.15) is 34.6 Å². The van der Waals surface area contributed by atoms with E-state index in [9.17, 15) is 9.59 Å². The lowest BCUT2D eigenvalue weighted by atomic mass is 10.0. The zero-order valence-corrected chi connectivity index (χ0v) is 14.4. The summed E-state index contributed by atoms with van der Waals surface area (Å²) in [4.78, 5) is 25.2. The lowest BCUT2D eigenvalue weighted by Gasteiger charge is -2.21. The van der Waals surface area contributed by atoms with Crippen LogP contribution >= 0.6 is 11.3 Å². The lowest BCUT2D eigenvalue weighted by molar-refractivity contribution is -0.124. The maximum Gasteiger partial charge on any atom is 0.262 e. The minimum Gasteiger partial charge on any atom is -0.350 e. The van der Waals surface area contributed by atoms with Crippen LogP contribution in [0.4, 0.5) is 0 Å². The zero-order valence-electron chi connectivity index (χ0n) is 13.6. The molecule has 2 N–H and O–H groups in total. The zero-order chi connectivity index (χ0) is 16.8. The number of carbonyl (C=O) groups excluding carboxylic acids is 2. The highest BCUT2D eigenvalue weighted by molar-refractivity contribution is 7.12. The van der Waals surface area contributed by atoms with E-state index in [0.29, 0.717) is 11.4 Å². The van der Waals surface area contributed by atoms with E-state index in [1.54, 1.807) is 6.07 Å². The van der Waals surface area contributed by atoms with Crippen LogP contribution in [0, 0.1) is 12.8 Å². The normalized spacial score (nSPS) is 12.0. The van der Waals surface area contributed by atoms with Crippen molar-refractivity contribution in [2.24, 2.45) is 5.92 Å². The molecule has 1 unspecified atom stereocenters. The first-order valence-electron chi connectivity index (χ1n) is 7.65. The van der Waals surface area contributed by atoms with E-state index >= 15 is 0 Å². The van der Waals surface area contributed by atoms with Gasteiger partial charge in [-0.3, -0.25) is 9.59 Å². The van der Waals surface area contributed by atoms with Crippen molar-refractivity contribution in [3.8, 4) is 0 Å². The highest BCUT2D eigenvalue weighted by Gasteiger charge is 2.24. The quantitative estimate of drug-likeness (QED) is 0.855. The molecule has 0 aliphatic heterocycles. The molecule has 23 heavy (non-hydrogen) atoms. The average Bonchev–Trinajstić information content (AvgIpc) is 3.05. The first-order chi connectivity index (χ1) is 11.0. The third-order valence-electron chi connectivity index (χ3n) is 3.57. The van der Waals surface area contributed by atoms with Gasteiger partial charge in [0, 0.05) is 6.54 Å². The van der Waals surface area contributed by atoms with E-state index in [-0.39, 0.29) is 17.7 Å². The van der Waals surface area contributed by atoms with Crippen molar-refractivity contribution >= 4 is 23.2 Å². The molecule has 0 bridgehead atoms. The number of carbonyl (C=O) groups is 2. The van der Waals surface area contributed by atoms with E-state index in [1.807, 2.05) is 56.5 Å². The van der Waals surface area contributed by atoms with Gasteiger partial charge in [0.2, 0.25) is 5.91 Å². The summed E-state index contributed by atoms with van der Waals surface area (Å²) < 4.78 is 0. The van der Waals surface area contributed by atoms with E-state index < -0.39 is 6.04 Å². The second-order valence-electron chi connectivity index (χ2n) is 5.88. The minimum atomic E-state index is -0.546. The molecular weight excluding hydrogens is 308 g/mol. The van der Waals surface area contributed by atoms with E-state index in [0.717, 1.165) is 5.56 Å². The maximum atomic E-state index is 12.4. The van der Waals surface area contributed by atoms with E-state index in [4.69, 9.17) is 0 Å². The first kappa shape index (κ1) is 17.2. The molecule has 0 fully saturated rings. The van der Waals surface area contributed by atoms with Gasteiger partial charge in [0.1, 0.15) is 6.04 Å². The van der Waals surface area contributed by atoms with Gasteiger partial charge >= 0.3 is 0 Å². The van der Waals surface area contributed by atoms with Gasteiger partial charge in [-0.05, 0) is 29.9 Å². The van der Waals surface area contributed by atoms with Crippen molar-refractivity contribution in [3.05, 3.63) is 57.8 Å². The number of hydrogen-bond acceptors (Lipinski definition) is 3. The summed E-state index contributed by atoms with van der Waals surface area (Å²) in [5.74, 6) is -0.355. The Balaban J connectivity index is 1.95. The molecule has 0 aliphatic rings. The topological polar surface area (TPSA) is 58.2 Å². The second-order valence-corrected chi connectivity index (χ2v) is 6.82. The molecule has 2 aromatic rings. The summed E-state index contributed by atoms with van der Waals surface area (Å²) in [6, 6.07) is 11.0. The van der Waals surface area contributed by atoms with Crippen LogP contribution in [0.2, 0.25) is 0 Å². The van der Waals surface area contributed by atoms with Crippen molar-refractivity contribution in [1.82, 2.24) is 10.6 Å². The Kier molecular flexibility index (Phi) is 5.93. The van der Waals surface area contributed by atoms with Crippen molar-refractivity contribution in [3.63, 3.8) is 0 Å². The Labute approximate surface area is 140 Å². The van der Waals surface area contributed by atoms with Gasteiger partial charge in [-0.1, -0.05) is 49.7 Å². The number of aryl methyl sites for hydroxylation is 1. The number of amides is 2. The molecule has 2 rings (SSSR count). The lowest BCUT2D eigenvalue weighted by Crippen LogP contribution is -2.49. The molecule has 0 saturated heterocycles. The van der Waals surface area contributed by atoms with Crippen LogP contribution in [0.15, 0.2) is 41.8 Å². The number of hydrogen-bond donors (Lipinski definition) is 2. The maximum absolute atomic E-state index is 12.4. The van der Waals surface area contributed by atoms with Gasteiger partial charge < -0.3 is 10.6 Å². The van der Waals surface area contributed by atoms with Gasteiger partial charge in [-0.2, -0.15) is 0 Å². The summed E-state index contributed by atoms with van der Waals surface area (Å²) in [5, 5.41) is 7.57. The molecule has 0 radical (unpaired) electrons. The standard InChI is InChI=1S/C18H22N2O2S/c1-12(2)16(20-17(21)15-5-4-10-23-15)18(22)19-11-14-8-6-13(3)7-9-14/h4-10,12,16H,11H2,1-3H3,(H,19,22)(H,20,21). The van der Waals surface area contributed by atoms with Crippen molar-refractivity contribution in [2.75, 3.05) is 0 Å². The summed E-state index contributed by atoms with van der Waals surface area (Å²) in [6.07, 6.45) is 0. The SMILES string of the molecule is Cc1ccc(CNC(=O)C(NC(=O)c2cccs2)C(C)C)cc1. The fourth-order valence-electron chi connectivity index (χ4n) is 2.16. The molecule has 122 valence electrons. The van der Waals surface area contributed by atoms with Crippen LogP contribution in [0.25, 0.3) is 0 Å². The van der Waals surface area contributed by atoms with Crippen molar-refractivity contribution in [1.29, 1.82) is 0 Å². The fourth-order valence-corrected chi connectivity index (χ4v) is 2.79. The van der Waals surface area contributed by atoms with Gasteiger partial charge in [-0.25, -0.2) is 0 Å². The van der Waals surface area contributed by atoms with Gasteiger partial charge in [0.25, 0.3) is 5.91 Å². The molecule has 0 spiro atoms. The predicted molar refractivity (Wildman–Crippen MR) is 93.4 cm³/mol. The third-order valence-corrected chi connectivity index (χ3v) is 4.44. The monoisotopic (exact) mass is 330 g/mol. The van der Waals surface area contributed by atoms with Crippen molar-refractivity contribution in [2.45, 2.75) is 33.4 Å². The van der Waals surface area contributed by atoms with Gasteiger partial charge in [-0.15, -0.1) is 11.3 Å². The van der Waals surface area contributed by atoms with Gasteiger partial charge in [0.15, 0.2) is 0 Å². The Morgan fingerprint density at radius 2 is 1.83 bits per heavy atom. The van der Waals surface area contributed by atoms with Crippen LogP contribution in [-0.2, 0) is 11.3 Å². The molecule has 1 atom stereocenters. The third kappa shape index (κ3) is 4.93. The smallest absolute Gasteiger partial charge is 0.262 e. The molecule has 1 aromatic carbocycles.